The first-order valence-electron chi connectivity index (χ1n) is 11.5. The Labute approximate surface area is 197 Å². The van der Waals surface area contributed by atoms with E-state index in [1.165, 1.54) is 44.0 Å². The van der Waals surface area contributed by atoms with Crippen molar-refractivity contribution in [1.29, 1.82) is 0 Å². The Morgan fingerprint density at radius 3 is 2.18 bits per heavy atom. The molecular formula is C31H21N3. The van der Waals surface area contributed by atoms with Crippen LogP contribution in [0.4, 0.5) is 0 Å². The lowest BCUT2D eigenvalue weighted by molar-refractivity contribution is 1.13. The second-order valence-electron chi connectivity index (χ2n) is 8.59. The van der Waals surface area contributed by atoms with Gasteiger partial charge in [0.1, 0.15) is 0 Å². The van der Waals surface area contributed by atoms with Gasteiger partial charge in [0.2, 0.25) is 0 Å². The van der Waals surface area contributed by atoms with E-state index in [4.69, 9.17) is 0 Å². The van der Waals surface area contributed by atoms with Gasteiger partial charge < -0.3 is 9.13 Å². The lowest BCUT2D eigenvalue weighted by Crippen LogP contribution is -1.94. The van der Waals surface area contributed by atoms with Gasteiger partial charge in [-0.05, 0) is 65.7 Å². The molecule has 3 aromatic heterocycles. The molecule has 3 nitrogen and oxygen atoms in total. The van der Waals surface area contributed by atoms with Gasteiger partial charge >= 0.3 is 0 Å². The maximum Gasteiger partial charge on any atom is 0.0548 e. The highest BCUT2D eigenvalue weighted by atomic mass is 15.0. The summed E-state index contributed by atoms with van der Waals surface area (Å²) in [7, 11) is 0. The first-order chi connectivity index (χ1) is 16.9. The molecule has 0 saturated heterocycles. The van der Waals surface area contributed by atoms with Crippen LogP contribution in [0.5, 0.6) is 0 Å². The molecule has 7 rings (SSSR count). The SMILES string of the molecule is c1ccc(-n2ccc3cc4c(cc32)c2ccccc2n4-c2ccc(-c3cccnc3)cc2)cc1. The van der Waals surface area contributed by atoms with E-state index in [9.17, 15) is 0 Å². The second kappa shape index (κ2) is 7.46. The molecule has 0 aliphatic rings. The van der Waals surface area contributed by atoms with Gasteiger partial charge in [0.15, 0.2) is 0 Å². The normalized spacial score (nSPS) is 11.5. The van der Waals surface area contributed by atoms with Crippen LogP contribution in [0.2, 0.25) is 0 Å². The first-order valence-corrected chi connectivity index (χ1v) is 11.5. The van der Waals surface area contributed by atoms with Crippen molar-refractivity contribution in [2.24, 2.45) is 0 Å². The van der Waals surface area contributed by atoms with Crippen LogP contribution < -0.4 is 0 Å². The van der Waals surface area contributed by atoms with E-state index in [-0.39, 0.29) is 0 Å². The molecule has 4 aromatic carbocycles. The van der Waals surface area contributed by atoms with Crippen LogP contribution >= 0.6 is 0 Å². The van der Waals surface area contributed by atoms with Gasteiger partial charge in [-0.15, -0.1) is 0 Å². The van der Waals surface area contributed by atoms with E-state index in [0.29, 0.717) is 0 Å². The number of nitrogens with zero attached hydrogens (tertiary/aromatic N) is 3. The Morgan fingerprint density at radius 1 is 0.529 bits per heavy atom. The van der Waals surface area contributed by atoms with Gasteiger partial charge in [-0.3, -0.25) is 4.98 Å². The van der Waals surface area contributed by atoms with Crippen LogP contribution in [0.1, 0.15) is 0 Å². The molecule has 0 aliphatic carbocycles. The largest absolute Gasteiger partial charge is 0.317 e. The van der Waals surface area contributed by atoms with Crippen molar-refractivity contribution < 1.29 is 0 Å². The van der Waals surface area contributed by atoms with E-state index in [1.54, 1.807) is 0 Å². The summed E-state index contributed by atoms with van der Waals surface area (Å²) < 4.78 is 4.64. The van der Waals surface area contributed by atoms with Crippen molar-refractivity contribution in [2.45, 2.75) is 0 Å². The van der Waals surface area contributed by atoms with Gasteiger partial charge in [-0.2, -0.15) is 0 Å². The number of fused-ring (bicyclic) bond motifs is 4. The zero-order valence-electron chi connectivity index (χ0n) is 18.5. The third-order valence-electron chi connectivity index (χ3n) is 6.64. The maximum atomic E-state index is 4.26. The summed E-state index contributed by atoms with van der Waals surface area (Å²) in [5.41, 5.74) is 8.26. The fraction of sp³-hybridized carbons (Fsp3) is 0. The highest BCUT2D eigenvalue weighted by Gasteiger charge is 2.15. The van der Waals surface area contributed by atoms with E-state index in [0.717, 1.165) is 11.3 Å². The maximum absolute atomic E-state index is 4.26. The van der Waals surface area contributed by atoms with E-state index >= 15 is 0 Å². The van der Waals surface area contributed by atoms with Gasteiger partial charge in [0.25, 0.3) is 0 Å². The molecule has 0 unspecified atom stereocenters. The molecular weight excluding hydrogens is 414 g/mol. The summed E-state index contributed by atoms with van der Waals surface area (Å²) in [6.07, 6.45) is 5.87. The average molecular weight is 436 g/mol. The van der Waals surface area contributed by atoms with E-state index in [1.807, 2.05) is 18.5 Å². The summed E-state index contributed by atoms with van der Waals surface area (Å²) in [4.78, 5) is 4.26. The van der Waals surface area contributed by atoms with E-state index < -0.39 is 0 Å². The molecule has 0 saturated carbocycles. The topological polar surface area (TPSA) is 22.8 Å². The zero-order valence-corrected chi connectivity index (χ0v) is 18.5. The van der Waals surface area contributed by atoms with Gasteiger partial charge in [-0.1, -0.05) is 54.6 Å². The Bertz CT molecular complexity index is 1770. The summed E-state index contributed by atoms with van der Waals surface area (Å²) >= 11 is 0. The summed E-state index contributed by atoms with van der Waals surface area (Å²) in [6.45, 7) is 0. The minimum absolute atomic E-state index is 1.13. The smallest absolute Gasteiger partial charge is 0.0548 e. The monoisotopic (exact) mass is 435 g/mol. The van der Waals surface area contributed by atoms with Crippen molar-refractivity contribution in [2.75, 3.05) is 0 Å². The molecule has 0 fully saturated rings. The van der Waals surface area contributed by atoms with Crippen LogP contribution in [-0.2, 0) is 0 Å². The fourth-order valence-corrected chi connectivity index (χ4v) is 5.03. The fourth-order valence-electron chi connectivity index (χ4n) is 5.03. The van der Waals surface area contributed by atoms with Crippen LogP contribution in [-0.4, -0.2) is 14.1 Å². The number of hydrogen-bond acceptors (Lipinski definition) is 1. The Balaban J connectivity index is 1.46. The Kier molecular flexibility index (Phi) is 4.15. The minimum Gasteiger partial charge on any atom is -0.317 e. The number of aromatic nitrogens is 3. The van der Waals surface area contributed by atoms with Gasteiger partial charge in [-0.25, -0.2) is 0 Å². The van der Waals surface area contributed by atoms with Crippen molar-refractivity contribution in [3.63, 3.8) is 0 Å². The molecule has 0 radical (unpaired) electrons. The Hall–Kier alpha value is -4.63. The van der Waals surface area contributed by atoms with Gasteiger partial charge in [0, 0.05) is 46.1 Å². The molecule has 7 aromatic rings. The quantitative estimate of drug-likeness (QED) is 0.278. The predicted molar refractivity (Wildman–Crippen MR) is 141 cm³/mol. The van der Waals surface area contributed by atoms with Crippen molar-refractivity contribution in [3.05, 3.63) is 128 Å². The minimum atomic E-state index is 1.13. The zero-order chi connectivity index (χ0) is 22.5. The number of para-hydroxylation sites is 2. The number of hydrogen-bond donors (Lipinski definition) is 0. The number of pyridine rings is 1. The highest BCUT2D eigenvalue weighted by Crippen LogP contribution is 2.36. The van der Waals surface area contributed by atoms with Crippen molar-refractivity contribution >= 4 is 32.7 Å². The van der Waals surface area contributed by atoms with Crippen molar-refractivity contribution in [3.8, 4) is 22.5 Å². The standard InChI is InChI=1S/C31H21N3/c1-2-8-25(9-3-1)33-18-16-23-19-31-28(20-30(23)33)27-10-4-5-11-29(27)34(31)26-14-12-22(13-15-26)24-7-6-17-32-21-24/h1-21H. The third-order valence-corrected chi connectivity index (χ3v) is 6.64. The van der Waals surface area contributed by atoms with E-state index in [2.05, 4.69) is 123 Å². The third kappa shape index (κ3) is 2.87. The van der Waals surface area contributed by atoms with Crippen molar-refractivity contribution in [1.82, 2.24) is 14.1 Å². The average Bonchev–Trinajstić information content (AvgIpc) is 3.47. The molecule has 0 spiro atoms. The molecule has 0 N–H and O–H groups in total. The summed E-state index contributed by atoms with van der Waals surface area (Å²) in [5.74, 6) is 0. The van der Waals surface area contributed by atoms with Gasteiger partial charge in [0.05, 0.1) is 16.6 Å². The van der Waals surface area contributed by atoms with Crippen LogP contribution in [0.15, 0.2) is 128 Å². The predicted octanol–water partition coefficient (Wildman–Crippen LogP) is 7.79. The number of rotatable bonds is 3. The summed E-state index contributed by atoms with van der Waals surface area (Å²) in [6, 6.07) is 38.9. The molecule has 0 bridgehead atoms. The molecule has 34 heavy (non-hydrogen) atoms. The van der Waals surface area contributed by atoms with Crippen LogP contribution in [0.25, 0.3) is 55.2 Å². The highest BCUT2D eigenvalue weighted by molar-refractivity contribution is 6.13. The van der Waals surface area contributed by atoms with Crippen LogP contribution in [0, 0.1) is 0 Å². The molecule has 3 heterocycles. The lowest BCUT2D eigenvalue weighted by atomic mass is 10.1. The molecule has 3 heteroatoms. The second-order valence-corrected chi connectivity index (χ2v) is 8.59. The molecule has 0 amide bonds. The molecule has 160 valence electrons. The van der Waals surface area contributed by atoms with Crippen LogP contribution in [0.3, 0.4) is 0 Å². The summed E-state index contributed by atoms with van der Waals surface area (Å²) in [5, 5.41) is 3.75. The first kappa shape index (κ1) is 18.9. The molecule has 0 aliphatic heterocycles. The number of benzene rings is 4. The lowest BCUT2D eigenvalue weighted by Gasteiger charge is -2.10. The molecule has 0 atom stereocenters. The Morgan fingerprint density at radius 2 is 1.35 bits per heavy atom.